The third kappa shape index (κ3) is 1.97. The lowest BCUT2D eigenvalue weighted by Crippen LogP contribution is -2.03. The van der Waals surface area contributed by atoms with Gasteiger partial charge in [0, 0.05) is 6.07 Å². The van der Waals surface area contributed by atoms with Gasteiger partial charge >= 0.3 is 0 Å². The number of hydrogen-bond acceptors (Lipinski definition) is 5. The van der Waals surface area contributed by atoms with Crippen LogP contribution in [0.25, 0.3) is 0 Å². The first-order chi connectivity index (χ1) is 7.66. The molecule has 16 heavy (non-hydrogen) atoms. The summed E-state index contributed by atoms with van der Waals surface area (Å²) in [4.78, 5) is 10.3. The van der Waals surface area contributed by atoms with Crippen molar-refractivity contribution in [3.8, 4) is 0 Å². The molecule has 0 atom stereocenters. The Balaban J connectivity index is 2.31. The molecular formula is C9H9N5O2. The first-order valence-electron chi connectivity index (χ1n) is 4.55. The minimum absolute atomic E-state index is 0.0663. The Morgan fingerprint density at radius 2 is 2.19 bits per heavy atom. The molecule has 1 aromatic heterocycles. The van der Waals surface area contributed by atoms with Crippen LogP contribution < -0.4 is 5.73 Å². The van der Waals surface area contributed by atoms with Crippen LogP contribution in [-0.2, 0) is 6.54 Å². The van der Waals surface area contributed by atoms with E-state index in [0.29, 0.717) is 11.4 Å². The number of hydrogen-bond donors (Lipinski definition) is 1. The van der Waals surface area contributed by atoms with E-state index in [1.54, 1.807) is 18.2 Å². The molecule has 0 aliphatic rings. The van der Waals surface area contributed by atoms with Crippen molar-refractivity contribution in [2.45, 2.75) is 6.54 Å². The number of benzene rings is 1. The van der Waals surface area contributed by atoms with E-state index in [-0.39, 0.29) is 12.2 Å². The van der Waals surface area contributed by atoms with Gasteiger partial charge in [-0.2, -0.15) is 0 Å². The average Bonchev–Trinajstić information content (AvgIpc) is 2.64. The molecule has 0 saturated carbocycles. The summed E-state index contributed by atoms with van der Waals surface area (Å²) in [5.74, 6) is 0.290. The fraction of sp³-hybridized carbons (Fsp3) is 0.111. The molecule has 0 radical (unpaired) electrons. The third-order valence-electron chi connectivity index (χ3n) is 2.08. The molecule has 7 nitrogen and oxygen atoms in total. The van der Waals surface area contributed by atoms with Crippen molar-refractivity contribution in [1.29, 1.82) is 0 Å². The van der Waals surface area contributed by atoms with Gasteiger partial charge in [-0.25, -0.2) is 4.68 Å². The number of nitrogens with two attached hydrogens (primary N) is 1. The summed E-state index contributed by atoms with van der Waals surface area (Å²) in [6.45, 7) is 0.279. The Labute approximate surface area is 90.6 Å². The zero-order valence-corrected chi connectivity index (χ0v) is 8.28. The summed E-state index contributed by atoms with van der Waals surface area (Å²) in [6, 6.07) is 6.49. The number of nitrogens with zero attached hydrogens (tertiary/aromatic N) is 4. The van der Waals surface area contributed by atoms with Crippen LogP contribution in [0.5, 0.6) is 0 Å². The molecule has 0 fully saturated rings. The van der Waals surface area contributed by atoms with E-state index >= 15 is 0 Å². The third-order valence-corrected chi connectivity index (χ3v) is 2.08. The van der Waals surface area contributed by atoms with Crippen molar-refractivity contribution >= 4 is 11.5 Å². The Kier molecular flexibility index (Phi) is 2.50. The van der Waals surface area contributed by atoms with E-state index in [4.69, 9.17) is 5.73 Å². The van der Waals surface area contributed by atoms with E-state index in [1.807, 2.05) is 0 Å². The predicted octanol–water partition coefficient (Wildman–Crippen LogP) is 0.817. The lowest BCUT2D eigenvalue weighted by molar-refractivity contribution is -0.385. The molecule has 0 spiro atoms. The maximum Gasteiger partial charge on any atom is 0.274 e. The van der Waals surface area contributed by atoms with E-state index < -0.39 is 4.92 Å². The highest BCUT2D eigenvalue weighted by atomic mass is 16.6. The van der Waals surface area contributed by atoms with Gasteiger partial charge in [0.05, 0.1) is 23.2 Å². The van der Waals surface area contributed by atoms with Crippen LogP contribution in [0.15, 0.2) is 30.5 Å². The maximum atomic E-state index is 10.8. The van der Waals surface area contributed by atoms with Crippen molar-refractivity contribution in [1.82, 2.24) is 15.0 Å². The predicted molar refractivity (Wildman–Crippen MR) is 56.6 cm³/mol. The molecule has 82 valence electrons. The Morgan fingerprint density at radius 1 is 1.44 bits per heavy atom. The highest BCUT2D eigenvalue weighted by molar-refractivity contribution is 5.39. The van der Waals surface area contributed by atoms with Crippen molar-refractivity contribution in [2.24, 2.45) is 0 Å². The fourth-order valence-corrected chi connectivity index (χ4v) is 1.39. The van der Waals surface area contributed by atoms with E-state index in [0.717, 1.165) is 0 Å². The summed E-state index contributed by atoms with van der Waals surface area (Å²) >= 11 is 0. The van der Waals surface area contributed by atoms with Crippen LogP contribution >= 0.6 is 0 Å². The quantitative estimate of drug-likeness (QED) is 0.608. The molecule has 0 aliphatic heterocycles. The van der Waals surface area contributed by atoms with Gasteiger partial charge in [0.15, 0.2) is 5.82 Å². The highest BCUT2D eigenvalue weighted by Gasteiger charge is 2.12. The van der Waals surface area contributed by atoms with E-state index in [9.17, 15) is 10.1 Å². The second-order valence-corrected chi connectivity index (χ2v) is 3.23. The Morgan fingerprint density at radius 3 is 2.81 bits per heavy atom. The Hall–Kier alpha value is -2.44. The second-order valence-electron chi connectivity index (χ2n) is 3.23. The number of nitrogen functional groups attached to an aromatic ring is 1. The first kappa shape index (κ1) is 10.1. The van der Waals surface area contributed by atoms with E-state index in [1.165, 1.54) is 16.9 Å². The Bertz CT molecular complexity index is 522. The van der Waals surface area contributed by atoms with Crippen LogP contribution in [-0.4, -0.2) is 19.9 Å². The van der Waals surface area contributed by atoms with Crippen LogP contribution in [0, 0.1) is 10.1 Å². The van der Waals surface area contributed by atoms with Gasteiger partial charge in [-0.3, -0.25) is 10.1 Å². The number of anilines is 1. The topological polar surface area (TPSA) is 99.9 Å². The minimum atomic E-state index is -0.421. The molecule has 7 heteroatoms. The summed E-state index contributed by atoms with van der Waals surface area (Å²) in [6.07, 6.45) is 1.52. The van der Waals surface area contributed by atoms with Crippen molar-refractivity contribution in [3.63, 3.8) is 0 Å². The molecule has 2 N–H and O–H groups in total. The normalized spacial score (nSPS) is 10.2. The molecule has 0 unspecified atom stereocenters. The largest absolute Gasteiger partial charge is 0.381 e. The summed E-state index contributed by atoms with van der Waals surface area (Å²) in [7, 11) is 0. The summed E-state index contributed by atoms with van der Waals surface area (Å²) in [5.41, 5.74) is 6.04. The number of nitro groups is 1. The smallest absolute Gasteiger partial charge is 0.274 e. The van der Waals surface area contributed by atoms with Gasteiger partial charge in [0.2, 0.25) is 0 Å². The molecule has 0 amide bonds. The van der Waals surface area contributed by atoms with Gasteiger partial charge < -0.3 is 5.73 Å². The van der Waals surface area contributed by atoms with E-state index in [2.05, 4.69) is 10.3 Å². The number of rotatable bonds is 3. The lowest BCUT2D eigenvalue weighted by Gasteiger charge is -2.01. The van der Waals surface area contributed by atoms with Gasteiger partial charge in [-0.1, -0.05) is 23.4 Å². The molecular weight excluding hydrogens is 210 g/mol. The van der Waals surface area contributed by atoms with Crippen LogP contribution in [0.2, 0.25) is 0 Å². The monoisotopic (exact) mass is 219 g/mol. The molecule has 0 bridgehead atoms. The molecule has 1 heterocycles. The minimum Gasteiger partial charge on any atom is -0.381 e. The molecule has 2 aromatic rings. The van der Waals surface area contributed by atoms with Gasteiger partial charge in [0.1, 0.15) is 0 Å². The second kappa shape index (κ2) is 3.97. The molecule has 0 saturated heterocycles. The lowest BCUT2D eigenvalue weighted by atomic mass is 10.2. The molecule has 2 rings (SSSR count). The molecule has 0 aliphatic carbocycles. The highest BCUT2D eigenvalue weighted by Crippen LogP contribution is 2.18. The van der Waals surface area contributed by atoms with Crippen molar-refractivity contribution < 1.29 is 4.92 Å². The van der Waals surface area contributed by atoms with Gasteiger partial charge in [-0.05, 0) is 0 Å². The summed E-state index contributed by atoms with van der Waals surface area (Å²) in [5, 5.41) is 18.1. The average molecular weight is 219 g/mol. The zero-order valence-electron chi connectivity index (χ0n) is 8.28. The first-order valence-corrected chi connectivity index (χ1v) is 4.55. The number of aromatic nitrogens is 3. The van der Waals surface area contributed by atoms with Gasteiger partial charge in [0.25, 0.3) is 5.69 Å². The van der Waals surface area contributed by atoms with Gasteiger partial charge in [-0.15, -0.1) is 5.10 Å². The number of nitro benzene ring substituents is 1. The summed E-state index contributed by atoms with van der Waals surface area (Å²) < 4.78 is 1.46. The van der Waals surface area contributed by atoms with Crippen LogP contribution in [0.1, 0.15) is 5.56 Å². The van der Waals surface area contributed by atoms with Crippen molar-refractivity contribution in [3.05, 3.63) is 46.1 Å². The fourth-order valence-electron chi connectivity index (χ4n) is 1.39. The van der Waals surface area contributed by atoms with Crippen molar-refractivity contribution in [2.75, 3.05) is 5.73 Å². The molecule has 1 aromatic carbocycles. The standard InChI is InChI=1S/C9H9N5O2/c10-9-6-13(12-11-9)5-7-3-1-2-4-8(7)14(15)16/h1-4,6H,5,10H2. The SMILES string of the molecule is Nc1cn(Cc2ccccc2[N+](=O)[O-])nn1. The van der Waals surface area contributed by atoms with Crippen LogP contribution in [0.3, 0.4) is 0 Å². The maximum absolute atomic E-state index is 10.8. The zero-order chi connectivity index (χ0) is 11.5. The van der Waals surface area contributed by atoms with Crippen LogP contribution in [0.4, 0.5) is 11.5 Å². The number of para-hydroxylation sites is 1.